The fraction of sp³-hybridized carbons (Fsp3) is 0.375. The Kier molecular flexibility index (Phi) is 4.93. The number of hydrogen-bond acceptors (Lipinski definition) is 5. The van der Waals surface area contributed by atoms with Gasteiger partial charge in [0.2, 0.25) is 5.95 Å². The smallest absolute Gasteiger partial charge is 0.224 e. The Balaban J connectivity index is 1.83. The third kappa shape index (κ3) is 4.30. The molecule has 0 saturated heterocycles. The first-order valence-electron chi connectivity index (χ1n) is 7.61. The van der Waals surface area contributed by atoms with E-state index in [2.05, 4.69) is 20.6 Å². The van der Waals surface area contributed by atoms with Gasteiger partial charge in [-0.2, -0.15) is 4.98 Å². The van der Waals surface area contributed by atoms with E-state index in [1.54, 1.807) is 0 Å². The van der Waals surface area contributed by atoms with E-state index in [4.69, 9.17) is 16.7 Å². The van der Waals surface area contributed by atoms with Crippen molar-refractivity contribution in [3.8, 4) is 0 Å². The Labute approximate surface area is 138 Å². The molecule has 1 aliphatic carbocycles. The molecule has 3 rings (SSSR count). The van der Waals surface area contributed by atoms with E-state index >= 15 is 0 Å². The van der Waals surface area contributed by atoms with E-state index < -0.39 is 5.82 Å². The summed E-state index contributed by atoms with van der Waals surface area (Å²) in [5, 5.41) is 15.4. The fourth-order valence-electron chi connectivity index (χ4n) is 2.21. The van der Waals surface area contributed by atoms with Gasteiger partial charge in [-0.15, -0.1) is 0 Å². The minimum atomic E-state index is -0.393. The van der Waals surface area contributed by atoms with Crippen LogP contribution in [0.5, 0.6) is 0 Å². The molecule has 0 bridgehead atoms. The minimum absolute atomic E-state index is 0.105. The molecule has 0 atom stereocenters. The van der Waals surface area contributed by atoms with Crippen LogP contribution >= 0.6 is 11.6 Å². The first kappa shape index (κ1) is 16.0. The number of aliphatic hydroxyl groups is 1. The third-order valence-corrected chi connectivity index (χ3v) is 3.79. The predicted octanol–water partition coefficient (Wildman–Crippen LogP) is 3.68. The molecule has 1 aliphatic rings. The molecule has 5 nitrogen and oxygen atoms in total. The lowest BCUT2D eigenvalue weighted by Gasteiger charge is -2.11. The van der Waals surface area contributed by atoms with Gasteiger partial charge in [0.25, 0.3) is 0 Å². The summed E-state index contributed by atoms with van der Waals surface area (Å²) in [6, 6.07) is 6.18. The molecule has 0 radical (unpaired) electrons. The molecule has 0 aliphatic heterocycles. The molecule has 23 heavy (non-hydrogen) atoms. The van der Waals surface area contributed by atoms with Crippen LogP contribution in [0.4, 0.5) is 21.8 Å². The average Bonchev–Trinajstić information content (AvgIpc) is 3.36. The lowest BCUT2D eigenvalue weighted by Crippen LogP contribution is -2.09. The number of aromatic nitrogens is 2. The highest BCUT2D eigenvalue weighted by atomic mass is 35.5. The summed E-state index contributed by atoms with van der Waals surface area (Å²) in [5.74, 6) is 1.05. The number of anilines is 3. The molecule has 1 heterocycles. The monoisotopic (exact) mass is 336 g/mol. The maximum Gasteiger partial charge on any atom is 0.224 e. The predicted molar refractivity (Wildman–Crippen MR) is 88.9 cm³/mol. The molecule has 122 valence electrons. The van der Waals surface area contributed by atoms with Crippen molar-refractivity contribution in [2.75, 3.05) is 23.8 Å². The van der Waals surface area contributed by atoms with E-state index in [0.29, 0.717) is 35.7 Å². The van der Waals surface area contributed by atoms with Crippen molar-refractivity contribution in [1.29, 1.82) is 0 Å². The molecule has 1 saturated carbocycles. The van der Waals surface area contributed by atoms with E-state index in [9.17, 15) is 4.39 Å². The molecule has 1 fully saturated rings. The number of hydrogen-bond donors (Lipinski definition) is 3. The second-order valence-electron chi connectivity index (χ2n) is 5.53. The number of nitrogens with zero attached hydrogens (tertiary/aromatic N) is 2. The van der Waals surface area contributed by atoms with Crippen LogP contribution in [-0.4, -0.2) is 28.2 Å². The van der Waals surface area contributed by atoms with Gasteiger partial charge in [-0.1, -0.05) is 11.6 Å². The number of aliphatic hydroxyl groups excluding tert-OH is 1. The van der Waals surface area contributed by atoms with Gasteiger partial charge in [-0.3, -0.25) is 0 Å². The zero-order valence-electron chi connectivity index (χ0n) is 12.5. The van der Waals surface area contributed by atoms with Gasteiger partial charge in [-0.25, -0.2) is 9.37 Å². The van der Waals surface area contributed by atoms with Gasteiger partial charge in [0, 0.05) is 30.2 Å². The van der Waals surface area contributed by atoms with E-state index in [1.165, 1.54) is 18.2 Å². The van der Waals surface area contributed by atoms with Crippen molar-refractivity contribution in [1.82, 2.24) is 9.97 Å². The van der Waals surface area contributed by atoms with Crippen LogP contribution in [0.15, 0.2) is 24.3 Å². The van der Waals surface area contributed by atoms with Crippen LogP contribution in [-0.2, 0) is 0 Å². The van der Waals surface area contributed by atoms with Crippen LogP contribution in [0.25, 0.3) is 0 Å². The summed E-state index contributed by atoms with van der Waals surface area (Å²) in [7, 11) is 0. The highest BCUT2D eigenvalue weighted by Gasteiger charge is 2.26. The maximum absolute atomic E-state index is 13.9. The molecule has 2 aromatic rings. The summed E-state index contributed by atoms with van der Waals surface area (Å²) in [6.45, 7) is 0.684. The van der Waals surface area contributed by atoms with Crippen molar-refractivity contribution in [2.24, 2.45) is 0 Å². The Bertz CT molecular complexity index is 694. The van der Waals surface area contributed by atoms with Crippen molar-refractivity contribution < 1.29 is 9.50 Å². The first-order valence-corrected chi connectivity index (χ1v) is 7.99. The van der Waals surface area contributed by atoms with Crippen molar-refractivity contribution in [3.63, 3.8) is 0 Å². The summed E-state index contributed by atoms with van der Waals surface area (Å²) >= 11 is 5.92. The maximum atomic E-state index is 13.9. The van der Waals surface area contributed by atoms with E-state index in [0.717, 1.165) is 18.5 Å². The molecule has 0 unspecified atom stereocenters. The molecular formula is C16H18ClFN4O. The summed E-state index contributed by atoms with van der Waals surface area (Å²) < 4.78 is 13.9. The molecule has 7 heteroatoms. The van der Waals surface area contributed by atoms with Gasteiger partial charge in [0.1, 0.15) is 11.6 Å². The summed E-state index contributed by atoms with van der Waals surface area (Å²) in [4.78, 5) is 8.84. The van der Waals surface area contributed by atoms with Crippen LogP contribution in [0, 0.1) is 5.82 Å². The van der Waals surface area contributed by atoms with Gasteiger partial charge in [-0.05, 0) is 37.5 Å². The summed E-state index contributed by atoms with van der Waals surface area (Å²) in [6.07, 6.45) is 2.83. The number of nitrogens with one attached hydrogen (secondary N) is 2. The molecule has 0 amide bonds. The Morgan fingerprint density at radius 3 is 2.83 bits per heavy atom. The third-order valence-electron chi connectivity index (χ3n) is 3.55. The van der Waals surface area contributed by atoms with Crippen LogP contribution in [0.1, 0.15) is 30.9 Å². The van der Waals surface area contributed by atoms with Crippen molar-refractivity contribution >= 4 is 29.1 Å². The fourth-order valence-corrected chi connectivity index (χ4v) is 2.38. The topological polar surface area (TPSA) is 70.1 Å². The molecule has 0 spiro atoms. The minimum Gasteiger partial charge on any atom is -0.396 e. The van der Waals surface area contributed by atoms with Gasteiger partial charge < -0.3 is 15.7 Å². The molecular weight excluding hydrogens is 319 g/mol. The lowest BCUT2D eigenvalue weighted by molar-refractivity contribution is 0.292. The second-order valence-corrected chi connectivity index (χ2v) is 5.97. The van der Waals surface area contributed by atoms with Crippen LogP contribution < -0.4 is 10.6 Å². The molecule has 3 N–H and O–H groups in total. The highest BCUT2D eigenvalue weighted by molar-refractivity contribution is 6.30. The largest absolute Gasteiger partial charge is 0.396 e. The second kappa shape index (κ2) is 7.10. The molecule has 1 aromatic heterocycles. The normalized spacial score (nSPS) is 13.9. The lowest BCUT2D eigenvalue weighted by atomic mass is 10.2. The Morgan fingerprint density at radius 2 is 2.09 bits per heavy atom. The van der Waals surface area contributed by atoms with Crippen LogP contribution in [0.3, 0.4) is 0 Å². The number of halogens is 2. The number of rotatable bonds is 7. The Hall–Kier alpha value is -1.92. The van der Waals surface area contributed by atoms with E-state index in [1.807, 2.05) is 6.07 Å². The van der Waals surface area contributed by atoms with Gasteiger partial charge >= 0.3 is 0 Å². The SMILES string of the molecule is OCCCNc1nc(Nc2cc(Cl)ccc2F)cc(C2CC2)n1. The first-order chi connectivity index (χ1) is 11.2. The summed E-state index contributed by atoms with van der Waals surface area (Å²) in [5.41, 5.74) is 1.22. The zero-order valence-corrected chi connectivity index (χ0v) is 13.3. The van der Waals surface area contributed by atoms with Crippen LogP contribution in [0.2, 0.25) is 5.02 Å². The zero-order chi connectivity index (χ0) is 16.2. The van der Waals surface area contributed by atoms with Gasteiger partial charge in [0.05, 0.1) is 11.4 Å². The Morgan fingerprint density at radius 1 is 1.26 bits per heavy atom. The quantitative estimate of drug-likeness (QED) is 0.673. The standard InChI is InChI=1S/C16H18ClFN4O/c17-11-4-5-12(18)14(8-11)20-15-9-13(10-2-3-10)21-16(22-15)19-6-1-7-23/h4-5,8-10,23H,1-3,6-7H2,(H2,19,20,21,22). The average molecular weight is 337 g/mol. The number of benzene rings is 1. The van der Waals surface area contributed by atoms with Crippen molar-refractivity contribution in [2.45, 2.75) is 25.2 Å². The van der Waals surface area contributed by atoms with Crippen molar-refractivity contribution in [3.05, 3.63) is 40.8 Å². The molecule has 1 aromatic carbocycles. The van der Waals surface area contributed by atoms with E-state index in [-0.39, 0.29) is 12.3 Å². The van der Waals surface area contributed by atoms with Gasteiger partial charge in [0.15, 0.2) is 0 Å². The highest BCUT2D eigenvalue weighted by Crippen LogP contribution is 2.40.